The molecule has 0 amide bonds. The molecule has 3 nitrogen and oxygen atoms in total. The van der Waals surface area contributed by atoms with E-state index in [2.05, 4.69) is 0 Å². The third kappa shape index (κ3) is 3.51. The molecule has 2 rings (SSSR count). The maximum atomic E-state index is 12.1. The first-order valence-electron chi connectivity index (χ1n) is 6.68. The predicted octanol–water partition coefficient (Wildman–Crippen LogP) is 3.91. The number of carbonyl (C=O) groups excluding carboxylic acids is 1. The minimum Gasteiger partial charge on any atom is -0.504 e. The van der Waals surface area contributed by atoms with E-state index in [0.29, 0.717) is 11.3 Å². The van der Waals surface area contributed by atoms with Crippen LogP contribution in [0.2, 0.25) is 0 Å². The Morgan fingerprint density at radius 1 is 1.10 bits per heavy atom. The van der Waals surface area contributed by atoms with Gasteiger partial charge >= 0.3 is 0 Å². The molecule has 0 saturated carbocycles. The second-order valence-electron chi connectivity index (χ2n) is 4.93. The molecule has 0 bridgehead atoms. The van der Waals surface area contributed by atoms with Gasteiger partial charge in [0.15, 0.2) is 17.3 Å². The van der Waals surface area contributed by atoms with E-state index in [-0.39, 0.29) is 11.5 Å². The lowest BCUT2D eigenvalue weighted by Crippen LogP contribution is -1.95. The largest absolute Gasteiger partial charge is 0.504 e. The van der Waals surface area contributed by atoms with Crippen molar-refractivity contribution in [3.05, 3.63) is 64.7 Å². The van der Waals surface area contributed by atoms with Gasteiger partial charge in [-0.3, -0.25) is 4.79 Å². The number of phenols is 1. The number of carbonyl (C=O) groups is 1. The molecule has 0 aliphatic rings. The molecule has 0 fully saturated rings. The number of phenolic OH excluding ortho intramolecular Hbond substituents is 1. The van der Waals surface area contributed by atoms with Gasteiger partial charge in [0.05, 0.1) is 7.11 Å². The topological polar surface area (TPSA) is 46.5 Å². The van der Waals surface area contributed by atoms with Crippen LogP contribution in [0, 0.1) is 13.8 Å². The van der Waals surface area contributed by atoms with Crippen molar-refractivity contribution in [2.45, 2.75) is 13.8 Å². The van der Waals surface area contributed by atoms with Crippen molar-refractivity contribution in [1.82, 2.24) is 0 Å². The normalized spacial score (nSPS) is 10.8. The number of hydrogen-bond acceptors (Lipinski definition) is 3. The minimum atomic E-state index is -0.0617. The summed E-state index contributed by atoms with van der Waals surface area (Å²) in [5.74, 6) is 0.402. The zero-order valence-corrected chi connectivity index (χ0v) is 12.4. The molecular formula is C18H18O3. The van der Waals surface area contributed by atoms with Crippen LogP contribution in [-0.4, -0.2) is 18.0 Å². The summed E-state index contributed by atoms with van der Waals surface area (Å²) in [4.78, 5) is 12.1. The fourth-order valence-electron chi connectivity index (χ4n) is 1.97. The summed E-state index contributed by atoms with van der Waals surface area (Å²) in [6.07, 6.45) is 3.18. The molecule has 0 saturated heterocycles. The van der Waals surface area contributed by atoms with Gasteiger partial charge < -0.3 is 9.84 Å². The number of ketones is 1. The third-order valence-corrected chi connectivity index (χ3v) is 3.42. The van der Waals surface area contributed by atoms with E-state index in [1.54, 1.807) is 24.3 Å². The molecule has 0 aromatic heterocycles. The smallest absolute Gasteiger partial charge is 0.185 e. The summed E-state index contributed by atoms with van der Waals surface area (Å²) in [5, 5.41) is 9.70. The Morgan fingerprint density at radius 3 is 2.48 bits per heavy atom. The lowest BCUT2D eigenvalue weighted by atomic mass is 10.0. The number of hydrogen-bond donors (Lipinski definition) is 1. The van der Waals surface area contributed by atoms with E-state index in [1.807, 2.05) is 32.0 Å². The number of methoxy groups -OCH3 is 1. The van der Waals surface area contributed by atoms with Gasteiger partial charge in [0.2, 0.25) is 0 Å². The van der Waals surface area contributed by atoms with Crippen molar-refractivity contribution >= 4 is 11.9 Å². The predicted molar refractivity (Wildman–Crippen MR) is 83.9 cm³/mol. The lowest BCUT2D eigenvalue weighted by molar-refractivity contribution is 0.104. The van der Waals surface area contributed by atoms with Gasteiger partial charge in [0, 0.05) is 5.56 Å². The lowest BCUT2D eigenvalue weighted by Gasteiger charge is -2.04. The highest BCUT2D eigenvalue weighted by atomic mass is 16.5. The van der Waals surface area contributed by atoms with Crippen LogP contribution in [0.1, 0.15) is 27.0 Å². The van der Waals surface area contributed by atoms with Crippen LogP contribution in [-0.2, 0) is 0 Å². The molecule has 2 aromatic rings. The summed E-state index contributed by atoms with van der Waals surface area (Å²) in [7, 11) is 1.49. The van der Waals surface area contributed by atoms with E-state index >= 15 is 0 Å². The molecule has 1 N–H and O–H groups in total. The fourth-order valence-corrected chi connectivity index (χ4v) is 1.97. The number of rotatable bonds is 4. The van der Waals surface area contributed by atoms with Crippen molar-refractivity contribution < 1.29 is 14.6 Å². The van der Waals surface area contributed by atoms with Gasteiger partial charge in [-0.2, -0.15) is 0 Å². The monoisotopic (exact) mass is 282 g/mol. The van der Waals surface area contributed by atoms with Crippen LogP contribution < -0.4 is 4.74 Å². The van der Waals surface area contributed by atoms with Crippen molar-refractivity contribution in [3.63, 3.8) is 0 Å². The van der Waals surface area contributed by atoms with E-state index in [9.17, 15) is 9.90 Å². The Kier molecular flexibility index (Phi) is 4.43. The Balaban J connectivity index is 2.18. The number of aryl methyl sites for hydroxylation is 2. The highest BCUT2D eigenvalue weighted by molar-refractivity contribution is 6.07. The van der Waals surface area contributed by atoms with Crippen molar-refractivity contribution in [1.29, 1.82) is 0 Å². The molecule has 0 spiro atoms. The van der Waals surface area contributed by atoms with Crippen LogP contribution in [0.15, 0.2) is 42.5 Å². The van der Waals surface area contributed by atoms with E-state index < -0.39 is 0 Å². The summed E-state index contributed by atoms with van der Waals surface area (Å²) >= 11 is 0. The Bertz CT molecular complexity index is 700. The standard InChI is InChI=1S/C18H18O3/c1-12-4-7-15(10-13(12)2)16(19)8-5-14-6-9-18(21-3)17(20)11-14/h4-11,20H,1-3H3/b8-5+. The molecule has 0 aliphatic heterocycles. The number of allylic oxidation sites excluding steroid dienone is 1. The molecule has 0 atom stereocenters. The molecule has 2 aromatic carbocycles. The Morgan fingerprint density at radius 2 is 1.86 bits per heavy atom. The van der Waals surface area contributed by atoms with E-state index in [1.165, 1.54) is 13.2 Å². The highest BCUT2D eigenvalue weighted by Gasteiger charge is 2.04. The molecule has 0 radical (unpaired) electrons. The van der Waals surface area contributed by atoms with Gasteiger partial charge in [-0.1, -0.05) is 24.3 Å². The number of benzene rings is 2. The van der Waals surface area contributed by atoms with Crippen molar-refractivity contribution in [2.24, 2.45) is 0 Å². The second kappa shape index (κ2) is 6.27. The van der Waals surface area contributed by atoms with Gasteiger partial charge in [-0.15, -0.1) is 0 Å². The van der Waals surface area contributed by atoms with E-state index in [4.69, 9.17) is 4.74 Å². The summed E-state index contributed by atoms with van der Waals surface area (Å²) < 4.78 is 4.98. The van der Waals surface area contributed by atoms with Crippen LogP contribution in [0.3, 0.4) is 0 Å². The molecule has 0 aliphatic carbocycles. The average Bonchev–Trinajstić information content (AvgIpc) is 2.47. The number of ether oxygens (including phenoxy) is 1. The molecule has 108 valence electrons. The van der Waals surface area contributed by atoms with Gasteiger partial charge in [-0.25, -0.2) is 0 Å². The molecular weight excluding hydrogens is 264 g/mol. The van der Waals surface area contributed by atoms with E-state index in [0.717, 1.165) is 16.7 Å². The number of aromatic hydroxyl groups is 1. The van der Waals surface area contributed by atoms with Gasteiger partial charge in [0.1, 0.15) is 0 Å². The van der Waals surface area contributed by atoms with Gasteiger partial charge in [0.25, 0.3) is 0 Å². The van der Waals surface area contributed by atoms with Crippen LogP contribution >= 0.6 is 0 Å². The second-order valence-corrected chi connectivity index (χ2v) is 4.93. The first kappa shape index (κ1) is 14.9. The molecule has 0 unspecified atom stereocenters. The van der Waals surface area contributed by atoms with Crippen LogP contribution in [0.25, 0.3) is 6.08 Å². The maximum absolute atomic E-state index is 12.1. The summed E-state index contributed by atoms with van der Waals surface area (Å²) in [6, 6.07) is 10.6. The average molecular weight is 282 g/mol. The Labute approximate surface area is 124 Å². The minimum absolute atomic E-state index is 0.0540. The molecule has 21 heavy (non-hydrogen) atoms. The molecule has 3 heteroatoms. The van der Waals surface area contributed by atoms with Crippen molar-refractivity contribution in [3.8, 4) is 11.5 Å². The van der Waals surface area contributed by atoms with Crippen LogP contribution in [0.4, 0.5) is 0 Å². The highest BCUT2D eigenvalue weighted by Crippen LogP contribution is 2.26. The van der Waals surface area contributed by atoms with Crippen LogP contribution in [0.5, 0.6) is 11.5 Å². The third-order valence-electron chi connectivity index (χ3n) is 3.42. The van der Waals surface area contributed by atoms with Crippen molar-refractivity contribution in [2.75, 3.05) is 7.11 Å². The first-order chi connectivity index (χ1) is 10.0. The maximum Gasteiger partial charge on any atom is 0.185 e. The summed E-state index contributed by atoms with van der Waals surface area (Å²) in [5.41, 5.74) is 3.66. The zero-order valence-electron chi connectivity index (χ0n) is 12.4. The van der Waals surface area contributed by atoms with Gasteiger partial charge in [-0.05, 0) is 54.8 Å². The quantitative estimate of drug-likeness (QED) is 0.683. The fraction of sp³-hybridized carbons (Fsp3) is 0.167. The SMILES string of the molecule is COc1ccc(/C=C/C(=O)c2ccc(C)c(C)c2)cc1O. The zero-order chi connectivity index (χ0) is 15.4. The summed E-state index contributed by atoms with van der Waals surface area (Å²) in [6.45, 7) is 4.00. The first-order valence-corrected chi connectivity index (χ1v) is 6.68. The Hall–Kier alpha value is -2.55. The molecule has 0 heterocycles.